The summed E-state index contributed by atoms with van der Waals surface area (Å²) in [7, 11) is -3.47. The lowest BCUT2D eigenvalue weighted by molar-refractivity contribution is -0.121. The molecule has 2 atom stereocenters. The van der Waals surface area contributed by atoms with Gasteiger partial charge in [-0.1, -0.05) is 12.1 Å². The van der Waals surface area contributed by atoms with Crippen LogP contribution in [-0.2, 0) is 14.8 Å². The zero-order chi connectivity index (χ0) is 17.0. The summed E-state index contributed by atoms with van der Waals surface area (Å²) in [5.74, 6) is -0.102. The number of amides is 1. The van der Waals surface area contributed by atoms with E-state index in [-0.39, 0.29) is 23.6 Å². The van der Waals surface area contributed by atoms with Crippen molar-refractivity contribution >= 4 is 21.6 Å². The lowest BCUT2D eigenvalue weighted by Crippen LogP contribution is -2.48. The van der Waals surface area contributed by atoms with Gasteiger partial charge in [0.1, 0.15) is 0 Å². The third-order valence-electron chi connectivity index (χ3n) is 4.23. The number of carbonyl (C=O) groups is 1. The summed E-state index contributed by atoms with van der Waals surface area (Å²) in [6, 6.07) is 7.35. The molecule has 1 aliphatic heterocycles. The Morgan fingerprint density at radius 3 is 2.87 bits per heavy atom. The standard InChI is InChI=1S/C16H25N3O3S/c1-12-5-3-7-15(9-12)18-16(20)13(2)19-8-4-6-14(10-19)11-23(17,21)22/h3,5,7,9,13-14H,4,6,8,10-11H2,1-2H3,(H,18,20)(H2,17,21,22)/t13-,14+/m1/s1. The highest BCUT2D eigenvalue weighted by Gasteiger charge is 2.29. The van der Waals surface area contributed by atoms with E-state index in [0.29, 0.717) is 6.54 Å². The first-order valence-electron chi connectivity index (χ1n) is 7.86. The van der Waals surface area contributed by atoms with Crippen molar-refractivity contribution in [3.05, 3.63) is 29.8 Å². The van der Waals surface area contributed by atoms with Gasteiger partial charge in [0.15, 0.2) is 0 Å². The molecule has 2 rings (SSSR count). The summed E-state index contributed by atoms with van der Waals surface area (Å²) in [5.41, 5.74) is 1.86. The first-order chi connectivity index (χ1) is 10.7. The van der Waals surface area contributed by atoms with E-state index in [9.17, 15) is 13.2 Å². The van der Waals surface area contributed by atoms with Gasteiger partial charge in [0.2, 0.25) is 15.9 Å². The molecule has 6 nitrogen and oxygen atoms in total. The number of hydrogen-bond donors (Lipinski definition) is 2. The molecule has 0 radical (unpaired) electrons. The number of rotatable bonds is 5. The molecular formula is C16H25N3O3S. The molecule has 1 amide bonds. The summed E-state index contributed by atoms with van der Waals surface area (Å²) < 4.78 is 22.5. The van der Waals surface area contributed by atoms with E-state index in [1.54, 1.807) is 0 Å². The van der Waals surface area contributed by atoms with Gasteiger partial charge in [-0.05, 0) is 56.8 Å². The Bertz CT molecular complexity index is 660. The maximum Gasteiger partial charge on any atom is 0.241 e. The van der Waals surface area contributed by atoms with Crippen LogP contribution in [0.25, 0.3) is 0 Å². The number of nitrogens with one attached hydrogen (secondary N) is 1. The van der Waals surface area contributed by atoms with E-state index in [4.69, 9.17) is 5.14 Å². The number of carbonyl (C=O) groups excluding carboxylic acids is 1. The summed E-state index contributed by atoms with van der Waals surface area (Å²) >= 11 is 0. The fraction of sp³-hybridized carbons (Fsp3) is 0.562. The van der Waals surface area contributed by atoms with Crippen LogP contribution in [0.3, 0.4) is 0 Å². The number of likely N-dealkylation sites (tertiary alicyclic amines) is 1. The molecule has 1 saturated heterocycles. The molecule has 128 valence electrons. The molecule has 0 aromatic heterocycles. The maximum absolute atomic E-state index is 12.4. The summed E-state index contributed by atoms with van der Waals surface area (Å²) in [6.45, 7) is 5.20. The molecule has 1 aliphatic rings. The molecule has 23 heavy (non-hydrogen) atoms. The number of nitrogens with zero attached hydrogens (tertiary/aromatic N) is 1. The number of piperidine rings is 1. The topological polar surface area (TPSA) is 92.5 Å². The number of hydrogen-bond acceptors (Lipinski definition) is 4. The first kappa shape index (κ1) is 17.9. The predicted molar refractivity (Wildman–Crippen MR) is 91.5 cm³/mol. The van der Waals surface area contributed by atoms with Crippen molar-refractivity contribution in [2.45, 2.75) is 32.7 Å². The van der Waals surface area contributed by atoms with Gasteiger partial charge in [-0.25, -0.2) is 13.6 Å². The van der Waals surface area contributed by atoms with E-state index in [2.05, 4.69) is 5.32 Å². The average Bonchev–Trinajstić information content (AvgIpc) is 2.45. The summed E-state index contributed by atoms with van der Waals surface area (Å²) in [5, 5.41) is 8.06. The van der Waals surface area contributed by atoms with Crippen LogP contribution in [-0.4, -0.2) is 44.1 Å². The summed E-state index contributed by atoms with van der Waals surface area (Å²) in [4.78, 5) is 14.5. The van der Waals surface area contributed by atoms with E-state index in [0.717, 1.165) is 30.6 Å². The molecular weight excluding hydrogens is 314 g/mol. The highest BCUT2D eigenvalue weighted by atomic mass is 32.2. The van der Waals surface area contributed by atoms with Crippen LogP contribution < -0.4 is 10.5 Å². The number of anilines is 1. The zero-order valence-electron chi connectivity index (χ0n) is 13.7. The molecule has 0 unspecified atom stereocenters. The van der Waals surface area contributed by atoms with Crippen LogP contribution in [0.1, 0.15) is 25.3 Å². The van der Waals surface area contributed by atoms with Gasteiger partial charge >= 0.3 is 0 Å². The van der Waals surface area contributed by atoms with Gasteiger partial charge in [0.25, 0.3) is 0 Å². The number of aryl methyl sites for hydroxylation is 1. The van der Waals surface area contributed by atoms with E-state index in [1.165, 1.54) is 0 Å². The lowest BCUT2D eigenvalue weighted by Gasteiger charge is -2.35. The van der Waals surface area contributed by atoms with Crippen molar-refractivity contribution in [3.8, 4) is 0 Å². The third kappa shape index (κ3) is 5.60. The quantitative estimate of drug-likeness (QED) is 0.846. The van der Waals surface area contributed by atoms with Crippen LogP contribution in [0, 0.1) is 12.8 Å². The highest BCUT2D eigenvalue weighted by Crippen LogP contribution is 2.20. The van der Waals surface area contributed by atoms with Gasteiger partial charge in [-0.3, -0.25) is 9.69 Å². The Morgan fingerprint density at radius 1 is 1.48 bits per heavy atom. The largest absolute Gasteiger partial charge is 0.325 e. The molecule has 0 saturated carbocycles. The van der Waals surface area contributed by atoms with E-state index in [1.807, 2.05) is 43.0 Å². The molecule has 3 N–H and O–H groups in total. The zero-order valence-corrected chi connectivity index (χ0v) is 14.5. The fourth-order valence-electron chi connectivity index (χ4n) is 3.05. The molecule has 0 bridgehead atoms. The van der Waals surface area contributed by atoms with Crippen LogP contribution in [0.15, 0.2) is 24.3 Å². The van der Waals surface area contributed by atoms with Crippen molar-refractivity contribution in [2.75, 3.05) is 24.2 Å². The number of sulfonamides is 1. The second kappa shape index (κ2) is 7.42. The lowest BCUT2D eigenvalue weighted by atomic mass is 9.98. The molecule has 1 fully saturated rings. The smallest absolute Gasteiger partial charge is 0.241 e. The third-order valence-corrected chi connectivity index (χ3v) is 5.17. The van der Waals surface area contributed by atoms with Crippen LogP contribution >= 0.6 is 0 Å². The number of nitrogens with two attached hydrogens (primary N) is 1. The van der Waals surface area contributed by atoms with Crippen molar-refractivity contribution in [3.63, 3.8) is 0 Å². The molecule has 7 heteroatoms. The second-order valence-electron chi connectivity index (χ2n) is 6.37. The fourth-order valence-corrected chi connectivity index (χ4v) is 3.98. The van der Waals surface area contributed by atoms with Gasteiger partial charge in [-0.2, -0.15) is 0 Å². The van der Waals surface area contributed by atoms with Crippen molar-refractivity contribution in [1.29, 1.82) is 0 Å². The Labute approximate surface area is 138 Å². The first-order valence-corrected chi connectivity index (χ1v) is 9.58. The minimum absolute atomic E-state index is 0.00651. The van der Waals surface area contributed by atoms with E-state index >= 15 is 0 Å². The van der Waals surface area contributed by atoms with Crippen molar-refractivity contribution in [2.24, 2.45) is 11.1 Å². The van der Waals surface area contributed by atoms with Gasteiger partial charge < -0.3 is 5.32 Å². The Balaban J connectivity index is 1.96. The number of primary sulfonamides is 1. The normalized spacial score (nSPS) is 20.9. The highest BCUT2D eigenvalue weighted by molar-refractivity contribution is 7.89. The van der Waals surface area contributed by atoms with Crippen LogP contribution in [0.4, 0.5) is 5.69 Å². The van der Waals surface area contributed by atoms with E-state index < -0.39 is 10.0 Å². The number of benzene rings is 1. The van der Waals surface area contributed by atoms with Gasteiger partial charge in [-0.15, -0.1) is 0 Å². The summed E-state index contributed by atoms with van der Waals surface area (Å²) in [6.07, 6.45) is 1.71. The Morgan fingerprint density at radius 2 is 2.22 bits per heavy atom. The maximum atomic E-state index is 12.4. The average molecular weight is 339 g/mol. The molecule has 1 aromatic rings. The molecule has 0 aliphatic carbocycles. The monoisotopic (exact) mass is 339 g/mol. The minimum Gasteiger partial charge on any atom is -0.325 e. The van der Waals surface area contributed by atoms with Crippen LogP contribution in [0.5, 0.6) is 0 Å². The Hall–Kier alpha value is -1.44. The van der Waals surface area contributed by atoms with Crippen molar-refractivity contribution in [1.82, 2.24) is 4.90 Å². The van der Waals surface area contributed by atoms with Crippen LogP contribution in [0.2, 0.25) is 0 Å². The van der Waals surface area contributed by atoms with Crippen molar-refractivity contribution < 1.29 is 13.2 Å². The van der Waals surface area contributed by atoms with Gasteiger partial charge in [0.05, 0.1) is 11.8 Å². The SMILES string of the molecule is Cc1cccc(NC(=O)[C@@H](C)N2CCC[C@H](CS(N)(=O)=O)C2)c1. The predicted octanol–water partition coefficient (Wildman–Crippen LogP) is 1.32. The van der Waals surface area contributed by atoms with Gasteiger partial charge in [0, 0.05) is 12.2 Å². The Kier molecular flexibility index (Phi) is 5.78. The minimum atomic E-state index is -3.47. The molecule has 1 heterocycles. The molecule has 0 spiro atoms. The second-order valence-corrected chi connectivity index (χ2v) is 8.03. The molecule has 1 aromatic carbocycles.